The standard InChI is InChI=1S/C18H29N3O5/c1-9(8-22)21-13(15(24)20-17(2,3)4)18-7-6-10(26-18)11(14(23)19-5)12(18)16(21)25/h9-13,22H,6-8H2,1-5H3,(H,19,23)(H,20,24)/t9-,10+,11-,12+,13?,18?/m1/s1. The highest BCUT2D eigenvalue weighted by Gasteiger charge is 2.74. The van der Waals surface area contributed by atoms with E-state index in [0.717, 1.165) is 0 Å². The summed E-state index contributed by atoms with van der Waals surface area (Å²) < 4.78 is 6.20. The summed E-state index contributed by atoms with van der Waals surface area (Å²) in [5, 5.41) is 15.2. The largest absolute Gasteiger partial charge is 0.394 e. The fourth-order valence-corrected chi connectivity index (χ4v) is 4.86. The molecule has 0 aromatic carbocycles. The van der Waals surface area contributed by atoms with Crippen LogP contribution in [0.4, 0.5) is 0 Å². The van der Waals surface area contributed by atoms with E-state index in [1.807, 2.05) is 20.8 Å². The molecule has 8 nitrogen and oxygen atoms in total. The van der Waals surface area contributed by atoms with Crippen molar-refractivity contribution in [3.63, 3.8) is 0 Å². The minimum atomic E-state index is -1.00. The number of aliphatic hydroxyl groups excluding tert-OH is 1. The Morgan fingerprint density at radius 3 is 2.58 bits per heavy atom. The molecular weight excluding hydrogens is 338 g/mol. The molecule has 2 bridgehead atoms. The molecule has 3 amide bonds. The number of carbonyl (C=O) groups excluding carboxylic acids is 3. The van der Waals surface area contributed by atoms with E-state index in [0.29, 0.717) is 12.8 Å². The predicted molar refractivity (Wildman–Crippen MR) is 93.0 cm³/mol. The Balaban J connectivity index is 2.05. The van der Waals surface area contributed by atoms with Crippen LogP contribution < -0.4 is 10.6 Å². The van der Waals surface area contributed by atoms with Gasteiger partial charge >= 0.3 is 0 Å². The third kappa shape index (κ3) is 2.62. The number of nitrogens with one attached hydrogen (secondary N) is 2. The van der Waals surface area contributed by atoms with Crippen molar-refractivity contribution in [3.05, 3.63) is 0 Å². The fraction of sp³-hybridized carbons (Fsp3) is 0.833. The van der Waals surface area contributed by atoms with Gasteiger partial charge in [0.1, 0.15) is 11.6 Å². The number of aliphatic hydroxyl groups is 1. The molecular formula is C18H29N3O5. The van der Waals surface area contributed by atoms with Gasteiger partial charge in [0.15, 0.2) is 0 Å². The monoisotopic (exact) mass is 367 g/mol. The van der Waals surface area contributed by atoms with Gasteiger partial charge < -0.3 is 25.4 Å². The van der Waals surface area contributed by atoms with Crippen molar-refractivity contribution in [1.82, 2.24) is 15.5 Å². The summed E-state index contributed by atoms with van der Waals surface area (Å²) in [7, 11) is 1.54. The van der Waals surface area contributed by atoms with Gasteiger partial charge in [-0.05, 0) is 40.5 Å². The van der Waals surface area contributed by atoms with Crippen molar-refractivity contribution in [2.45, 2.75) is 69.9 Å². The Morgan fingerprint density at radius 2 is 2.04 bits per heavy atom. The molecule has 26 heavy (non-hydrogen) atoms. The lowest BCUT2D eigenvalue weighted by Crippen LogP contribution is -2.60. The van der Waals surface area contributed by atoms with Gasteiger partial charge in [-0.2, -0.15) is 0 Å². The highest BCUT2D eigenvalue weighted by atomic mass is 16.5. The maximum absolute atomic E-state index is 13.3. The molecule has 0 saturated carbocycles. The van der Waals surface area contributed by atoms with Crippen LogP contribution in [-0.2, 0) is 19.1 Å². The Morgan fingerprint density at radius 1 is 1.38 bits per heavy atom. The maximum Gasteiger partial charge on any atom is 0.246 e. The van der Waals surface area contributed by atoms with Crippen molar-refractivity contribution < 1.29 is 24.2 Å². The fourth-order valence-electron chi connectivity index (χ4n) is 4.86. The molecule has 1 spiro atoms. The SMILES string of the molecule is CNC(=O)[C@@H]1[C@@H]2CCC3(O2)C(C(=O)NC(C)(C)C)N([C@H](C)CO)C(=O)[C@H]13. The molecule has 3 rings (SSSR count). The van der Waals surface area contributed by atoms with E-state index < -0.39 is 35.1 Å². The van der Waals surface area contributed by atoms with Crippen molar-refractivity contribution in [1.29, 1.82) is 0 Å². The second kappa shape index (κ2) is 6.20. The zero-order chi connectivity index (χ0) is 19.4. The van der Waals surface area contributed by atoms with Crippen LogP contribution in [0.5, 0.6) is 0 Å². The molecule has 146 valence electrons. The van der Waals surface area contributed by atoms with Gasteiger partial charge in [0.2, 0.25) is 17.7 Å². The minimum Gasteiger partial charge on any atom is -0.394 e. The molecule has 3 aliphatic rings. The van der Waals surface area contributed by atoms with Gasteiger partial charge in [-0.3, -0.25) is 14.4 Å². The predicted octanol–water partition coefficient (Wildman–Crippen LogP) is -0.597. The lowest BCUT2D eigenvalue weighted by molar-refractivity contribution is -0.145. The van der Waals surface area contributed by atoms with E-state index >= 15 is 0 Å². The number of ether oxygens (including phenoxy) is 1. The molecule has 8 heteroatoms. The number of amides is 3. The van der Waals surface area contributed by atoms with Gasteiger partial charge in [-0.25, -0.2) is 0 Å². The molecule has 3 N–H and O–H groups in total. The minimum absolute atomic E-state index is 0.233. The Bertz CT molecular complexity index is 631. The summed E-state index contributed by atoms with van der Waals surface area (Å²) in [5.74, 6) is -2.10. The van der Waals surface area contributed by atoms with E-state index in [2.05, 4.69) is 10.6 Å². The summed E-state index contributed by atoms with van der Waals surface area (Å²) in [5.41, 5.74) is -1.47. The second-order valence-corrected chi connectivity index (χ2v) is 8.69. The smallest absolute Gasteiger partial charge is 0.246 e. The van der Waals surface area contributed by atoms with Crippen molar-refractivity contribution in [2.24, 2.45) is 11.8 Å². The Kier molecular flexibility index (Phi) is 4.55. The zero-order valence-electron chi connectivity index (χ0n) is 16.0. The number of hydrogen-bond acceptors (Lipinski definition) is 5. The number of fused-ring (bicyclic) bond motifs is 1. The number of nitrogens with zero attached hydrogens (tertiary/aromatic N) is 1. The van der Waals surface area contributed by atoms with E-state index in [1.165, 1.54) is 4.90 Å². The molecule has 3 heterocycles. The van der Waals surface area contributed by atoms with Crippen LogP contribution in [-0.4, -0.2) is 70.7 Å². The normalized spacial score (nSPS) is 36.8. The first kappa shape index (κ1) is 19.1. The summed E-state index contributed by atoms with van der Waals surface area (Å²) in [6, 6.07) is -1.38. The maximum atomic E-state index is 13.3. The summed E-state index contributed by atoms with van der Waals surface area (Å²) in [4.78, 5) is 40.3. The van der Waals surface area contributed by atoms with Gasteiger partial charge in [-0.1, -0.05) is 0 Å². The first-order valence-electron chi connectivity index (χ1n) is 9.22. The van der Waals surface area contributed by atoms with Gasteiger partial charge in [0.25, 0.3) is 0 Å². The van der Waals surface area contributed by atoms with Crippen molar-refractivity contribution >= 4 is 17.7 Å². The Labute approximate surface area is 153 Å². The van der Waals surface area contributed by atoms with Crippen LogP contribution in [0, 0.1) is 11.8 Å². The zero-order valence-corrected chi connectivity index (χ0v) is 16.0. The first-order valence-corrected chi connectivity index (χ1v) is 9.22. The average Bonchev–Trinajstić information content (AvgIpc) is 3.19. The number of hydrogen-bond donors (Lipinski definition) is 3. The van der Waals surface area contributed by atoms with E-state index in [4.69, 9.17) is 4.74 Å². The molecule has 6 atom stereocenters. The summed E-state index contributed by atoms with van der Waals surface area (Å²) in [6.07, 6.45) is 0.849. The Hall–Kier alpha value is -1.67. The summed E-state index contributed by atoms with van der Waals surface area (Å²) >= 11 is 0. The molecule has 0 radical (unpaired) electrons. The lowest BCUT2D eigenvalue weighted by Gasteiger charge is -2.37. The summed E-state index contributed by atoms with van der Waals surface area (Å²) in [6.45, 7) is 7.06. The molecule has 0 aromatic heterocycles. The third-order valence-electron chi connectivity index (χ3n) is 5.77. The van der Waals surface area contributed by atoms with Crippen LogP contribution in [0.25, 0.3) is 0 Å². The number of likely N-dealkylation sites (tertiary alicyclic amines) is 1. The van der Waals surface area contributed by atoms with Gasteiger partial charge in [-0.15, -0.1) is 0 Å². The molecule has 3 fully saturated rings. The van der Waals surface area contributed by atoms with Crippen LogP contribution >= 0.6 is 0 Å². The second-order valence-electron chi connectivity index (χ2n) is 8.69. The molecule has 0 aliphatic carbocycles. The lowest BCUT2D eigenvalue weighted by atomic mass is 9.70. The van der Waals surface area contributed by atoms with Crippen molar-refractivity contribution in [3.8, 4) is 0 Å². The average molecular weight is 367 g/mol. The van der Waals surface area contributed by atoms with Crippen LogP contribution in [0.15, 0.2) is 0 Å². The van der Waals surface area contributed by atoms with E-state index in [1.54, 1.807) is 14.0 Å². The quantitative estimate of drug-likeness (QED) is 0.615. The highest BCUT2D eigenvalue weighted by Crippen LogP contribution is 2.58. The van der Waals surface area contributed by atoms with Crippen LogP contribution in [0.2, 0.25) is 0 Å². The van der Waals surface area contributed by atoms with E-state index in [-0.39, 0.29) is 30.4 Å². The van der Waals surface area contributed by atoms with Crippen LogP contribution in [0.3, 0.4) is 0 Å². The molecule has 3 saturated heterocycles. The number of rotatable bonds is 4. The van der Waals surface area contributed by atoms with Gasteiger partial charge in [0, 0.05) is 12.6 Å². The number of carbonyl (C=O) groups is 3. The molecule has 2 unspecified atom stereocenters. The van der Waals surface area contributed by atoms with E-state index in [9.17, 15) is 19.5 Å². The van der Waals surface area contributed by atoms with Gasteiger partial charge in [0.05, 0.1) is 30.6 Å². The third-order valence-corrected chi connectivity index (χ3v) is 5.77. The van der Waals surface area contributed by atoms with Crippen LogP contribution in [0.1, 0.15) is 40.5 Å². The highest BCUT2D eigenvalue weighted by molar-refractivity contribution is 5.99. The molecule has 0 aromatic rings. The topological polar surface area (TPSA) is 108 Å². The van der Waals surface area contributed by atoms with Crippen molar-refractivity contribution in [2.75, 3.05) is 13.7 Å². The molecule has 3 aliphatic heterocycles. The first-order chi connectivity index (χ1) is 12.1.